The molecule has 1 N–H and O–H groups in total. The number of aromatic nitrogens is 2. The van der Waals surface area contributed by atoms with E-state index in [1.54, 1.807) is 6.20 Å². The van der Waals surface area contributed by atoms with Gasteiger partial charge < -0.3 is 5.32 Å². The van der Waals surface area contributed by atoms with Gasteiger partial charge in [0.2, 0.25) is 0 Å². The predicted octanol–water partition coefficient (Wildman–Crippen LogP) is 3.13. The van der Waals surface area contributed by atoms with E-state index in [2.05, 4.69) is 26.3 Å². The molecule has 0 aliphatic heterocycles. The maximum atomic E-state index is 6.11. The van der Waals surface area contributed by atoms with Gasteiger partial charge in [-0.2, -0.15) is 5.10 Å². The highest BCUT2D eigenvalue weighted by Crippen LogP contribution is 2.20. The molecule has 2 aromatic rings. The minimum atomic E-state index is 0.740. The summed E-state index contributed by atoms with van der Waals surface area (Å²) in [4.78, 5) is 0. The van der Waals surface area contributed by atoms with Gasteiger partial charge in [-0.15, -0.1) is 0 Å². The fraction of sp³-hybridized carbons (Fsp3) is 0.250. The molecule has 0 bridgehead atoms. The first-order chi connectivity index (χ1) is 8.16. The lowest BCUT2D eigenvalue weighted by Gasteiger charge is -2.07. The van der Waals surface area contributed by atoms with Crippen LogP contribution in [0, 0.1) is 0 Å². The lowest BCUT2D eigenvalue weighted by atomic mass is 10.2. The molecular formula is C12H13BrClN3. The van der Waals surface area contributed by atoms with E-state index < -0.39 is 0 Å². The van der Waals surface area contributed by atoms with Crippen LogP contribution < -0.4 is 5.32 Å². The Morgan fingerprint density at radius 2 is 2.18 bits per heavy atom. The maximum Gasteiger partial charge on any atom is 0.0518 e. The molecule has 1 aromatic heterocycles. The van der Waals surface area contributed by atoms with Crippen LogP contribution in [0.1, 0.15) is 11.3 Å². The molecule has 0 fully saturated rings. The summed E-state index contributed by atoms with van der Waals surface area (Å²) in [6.45, 7) is 1.52. The second-order valence-electron chi connectivity index (χ2n) is 3.79. The number of aryl methyl sites for hydroxylation is 1. The molecular weight excluding hydrogens is 302 g/mol. The van der Waals surface area contributed by atoms with E-state index in [-0.39, 0.29) is 0 Å². The third-order valence-electron chi connectivity index (χ3n) is 2.55. The Balaban J connectivity index is 1.94. The van der Waals surface area contributed by atoms with Gasteiger partial charge in [-0.1, -0.05) is 27.5 Å². The second kappa shape index (κ2) is 5.67. The Morgan fingerprint density at radius 3 is 2.88 bits per heavy atom. The van der Waals surface area contributed by atoms with Crippen molar-refractivity contribution in [2.45, 2.75) is 13.1 Å². The van der Waals surface area contributed by atoms with E-state index in [0.29, 0.717) is 0 Å². The van der Waals surface area contributed by atoms with Gasteiger partial charge in [0, 0.05) is 35.8 Å². The van der Waals surface area contributed by atoms with Crippen LogP contribution in [0.3, 0.4) is 0 Å². The van der Waals surface area contributed by atoms with Crippen molar-refractivity contribution in [1.29, 1.82) is 0 Å². The second-order valence-corrected chi connectivity index (χ2v) is 5.11. The van der Waals surface area contributed by atoms with Crippen molar-refractivity contribution >= 4 is 27.5 Å². The van der Waals surface area contributed by atoms with Crippen LogP contribution in [0.25, 0.3) is 0 Å². The molecule has 1 aromatic carbocycles. The van der Waals surface area contributed by atoms with Crippen molar-refractivity contribution in [3.63, 3.8) is 0 Å². The first-order valence-corrected chi connectivity index (χ1v) is 6.45. The molecule has 0 saturated heterocycles. The van der Waals surface area contributed by atoms with Crippen LogP contribution in [0.4, 0.5) is 0 Å². The monoisotopic (exact) mass is 313 g/mol. The first kappa shape index (κ1) is 12.6. The minimum Gasteiger partial charge on any atom is -0.307 e. The Labute approximate surface area is 114 Å². The molecule has 0 aliphatic rings. The highest BCUT2D eigenvalue weighted by Gasteiger charge is 2.02. The summed E-state index contributed by atoms with van der Waals surface area (Å²) in [5.41, 5.74) is 2.24. The summed E-state index contributed by atoms with van der Waals surface area (Å²) in [7, 11) is 1.93. The Hall–Kier alpha value is -0.840. The standard InChI is InChI=1S/C12H13BrClN3/c1-17-11(4-5-16-17)8-15-7-9-6-10(13)2-3-12(9)14/h2-6,15H,7-8H2,1H3. The van der Waals surface area contributed by atoms with Gasteiger partial charge >= 0.3 is 0 Å². The molecule has 0 unspecified atom stereocenters. The Morgan fingerprint density at radius 1 is 1.35 bits per heavy atom. The van der Waals surface area contributed by atoms with Gasteiger partial charge in [0.25, 0.3) is 0 Å². The number of benzene rings is 1. The summed E-state index contributed by atoms with van der Waals surface area (Å²) in [6.07, 6.45) is 1.79. The van der Waals surface area contributed by atoms with Gasteiger partial charge in [0.1, 0.15) is 0 Å². The van der Waals surface area contributed by atoms with Crippen LogP contribution >= 0.6 is 27.5 Å². The summed E-state index contributed by atoms with van der Waals surface area (Å²) in [5.74, 6) is 0. The SMILES string of the molecule is Cn1nccc1CNCc1cc(Br)ccc1Cl. The van der Waals surface area contributed by atoms with E-state index in [1.807, 2.05) is 36.0 Å². The topological polar surface area (TPSA) is 29.9 Å². The van der Waals surface area contributed by atoms with E-state index in [0.717, 1.165) is 33.8 Å². The normalized spacial score (nSPS) is 10.8. The van der Waals surface area contributed by atoms with Crippen molar-refractivity contribution in [1.82, 2.24) is 15.1 Å². The highest BCUT2D eigenvalue weighted by atomic mass is 79.9. The highest BCUT2D eigenvalue weighted by molar-refractivity contribution is 9.10. The molecule has 0 spiro atoms. The average Bonchev–Trinajstić information content (AvgIpc) is 2.70. The van der Waals surface area contributed by atoms with Gasteiger partial charge in [0.15, 0.2) is 0 Å². The quantitative estimate of drug-likeness (QED) is 0.939. The molecule has 1 heterocycles. The molecule has 0 saturated carbocycles. The predicted molar refractivity (Wildman–Crippen MR) is 72.9 cm³/mol. The molecule has 3 nitrogen and oxygen atoms in total. The fourth-order valence-electron chi connectivity index (χ4n) is 1.58. The van der Waals surface area contributed by atoms with Gasteiger partial charge in [0.05, 0.1) is 5.69 Å². The van der Waals surface area contributed by atoms with E-state index in [9.17, 15) is 0 Å². The summed E-state index contributed by atoms with van der Waals surface area (Å²) in [6, 6.07) is 7.85. The lowest BCUT2D eigenvalue weighted by molar-refractivity contribution is 0.626. The third kappa shape index (κ3) is 3.31. The fourth-order valence-corrected chi connectivity index (χ4v) is 2.17. The van der Waals surface area contributed by atoms with E-state index in [4.69, 9.17) is 11.6 Å². The molecule has 5 heteroatoms. The van der Waals surface area contributed by atoms with E-state index in [1.165, 1.54) is 0 Å². The summed E-state index contributed by atoms with van der Waals surface area (Å²) in [5, 5.41) is 8.25. The lowest BCUT2D eigenvalue weighted by Crippen LogP contribution is -2.15. The number of halogens is 2. The number of nitrogens with one attached hydrogen (secondary N) is 1. The molecule has 0 amide bonds. The van der Waals surface area contributed by atoms with Crippen LogP contribution in [-0.2, 0) is 20.1 Å². The van der Waals surface area contributed by atoms with E-state index >= 15 is 0 Å². The van der Waals surface area contributed by atoms with Crippen molar-refractivity contribution in [3.8, 4) is 0 Å². The molecule has 2 rings (SSSR count). The zero-order valence-electron chi connectivity index (χ0n) is 9.45. The van der Waals surface area contributed by atoms with Crippen LogP contribution in [0.5, 0.6) is 0 Å². The summed E-state index contributed by atoms with van der Waals surface area (Å²) < 4.78 is 2.90. The molecule has 90 valence electrons. The largest absolute Gasteiger partial charge is 0.307 e. The number of hydrogen-bond donors (Lipinski definition) is 1. The Kier molecular flexibility index (Phi) is 4.20. The summed E-state index contributed by atoms with van der Waals surface area (Å²) >= 11 is 9.55. The van der Waals surface area contributed by atoms with Crippen LogP contribution in [-0.4, -0.2) is 9.78 Å². The Bertz CT molecular complexity index is 510. The molecule has 17 heavy (non-hydrogen) atoms. The third-order valence-corrected chi connectivity index (χ3v) is 3.41. The van der Waals surface area contributed by atoms with Crippen LogP contribution in [0.2, 0.25) is 5.02 Å². The average molecular weight is 315 g/mol. The van der Waals surface area contributed by atoms with Crippen LogP contribution in [0.15, 0.2) is 34.9 Å². The minimum absolute atomic E-state index is 0.740. The van der Waals surface area contributed by atoms with Crippen molar-refractivity contribution in [2.75, 3.05) is 0 Å². The van der Waals surface area contributed by atoms with Gasteiger partial charge in [-0.25, -0.2) is 0 Å². The molecule has 0 radical (unpaired) electrons. The zero-order chi connectivity index (χ0) is 12.3. The van der Waals surface area contributed by atoms with Crippen molar-refractivity contribution in [3.05, 3.63) is 51.2 Å². The molecule has 0 atom stereocenters. The maximum absolute atomic E-state index is 6.11. The van der Waals surface area contributed by atoms with Crippen molar-refractivity contribution < 1.29 is 0 Å². The van der Waals surface area contributed by atoms with Crippen molar-refractivity contribution in [2.24, 2.45) is 7.05 Å². The zero-order valence-corrected chi connectivity index (χ0v) is 11.8. The number of hydrogen-bond acceptors (Lipinski definition) is 2. The van der Waals surface area contributed by atoms with Gasteiger partial charge in [-0.3, -0.25) is 4.68 Å². The number of rotatable bonds is 4. The molecule has 0 aliphatic carbocycles. The van der Waals surface area contributed by atoms with Gasteiger partial charge in [-0.05, 0) is 29.8 Å². The number of nitrogens with zero attached hydrogens (tertiary/aromatic N) is 2. The smallest absolute Gasteiger partial charge is 0.0518 e. The first-order valence-electron chi connectivity index (χ1n) is 5.28.